The average Bonchev–Trinajstić information content (AvgIpc) is 2.26. The second-order valence-electron chi connectivity index (χ2n) is 3.43. The summed E-state index contributed by atoms with van der Waals surface area (Å²) in [6, 6.07) is 5.45. The van der Waals surface area contributed by atoms with Crippen LogP contribution in [0.2, 0.25) is 0 Å². The van der Waals surface area contributed by atoms with Crippen LogP contribution in [-0.4, -0.2) is 25.8 Å². The van der Waals surface area contributed by atoms with E-state index in [9.17, 15) is 12.8 Å². The molecule has 1 rings (SSSR count). The van der Waals surface area contributed by atoms with Crippen molar-refractivity contribution in [3.8, 4) is 0 Å². The standard InChI is InChI=1S/C11H16FNO2S/c1-3-9-13(4-2)16(14,15)11-8-6-5-7-10(11)12/h5-8H,3-4,9H2,1-2H3. The number of hydrogen-bond donors (Lipinski definition) is 0. The van der Waals surface area contributed by atoms with Gasteiger partial charge >= 0.3 is 0 Å². The molecule has 0 fully saturated rings. The summed E-state index contributed by atoms with van der Waals surface area (Å²) < 4.78 is 38.8. The van der Waals surface area contributed by atoms with Crippen molar-refractivity contribution in [3.63, 3.8) is 0 Å². The fourth-order valence-electron chi connectivity index (χ4n) is 1.49. The predicted molar refractivity (Wildman–Crippen MR) is 61.1 cm³/mol. The molecule has 3 nitrogen and oxygen atoms in total. The van der Waals surface area contributed by atoms with Crippen molar-refractivity contribution < 1.29 is 12.8 Å². The topological polar surface area (TPSA) is 37.4 Å². The highest BCUT2D eigenvalue weighted by Gasteiger charge is 2.24. The molecule has 1 aromatic carbocycles. The second-order valence-corrected chi connectivity index (χ2v) is 5.33. The fourth-order valence-corrected chi connectivity index (χ4v) is 3.10. The normalized spacial score (nSPS) is 12.0. The van der Waals surface area contributed by atoms with Crippen LogP contribution in [0, 0.1) is 5.82 Å². The molecule has 0 aliphatic rings. The molecule has 0 saturated carbocycles. The maximum Gasteiger partial charge on any atom is 0.245 e. The van der Waals surface area contributed by atoms with Crippen LogP contribution in [0.1, 0.15) is 20.3 Å². The Hall–Kier alpha value is -0.940. The SMILES string of the molecule is CCCN(CC)S(=O)(=O)c1ccccc1F. The smallest absolute Gasteiger partial charge is 0.207 e. The van der Waals surface area contributed by atoms with Gasteiger partial charge in [0, 0.05) is 13.1 Å². The Balaban J connectivity index is 3.15. The second kappa shape index (κ2) is 5.41. The molecule has 0 radical (unpaired) electrons. The summed E-state index contributed by atoms with van der Waals surface area (Å²) in [5, 5.41) is 0. The maximum atomic E-state index is 13.4. The van der Waals surface area contributed by atoms with Crippen molar-refractivity contribution in [1.82, 2.24) is 4.31 Å². The minimum absolute atomic E-state index is 0.245. The van der Waals surface area contributed by atoms with Crippen LogP contribution in [0.4, 0.5) is 4.39 Å². The number of halogens is 1. The molecule has 0 N–H and O–H groups in total. The Morgan fingerprint density at radius 3 is 2.38 bits per heavy atom. The Labute approximate surface area is 95.9 Å². The van der Waals surface area contributed by atoms with Gasteiger partial charge in [-0.15, -0.1) is 0 Å². The van der Waals surface area contributed by atoms with Crippen molar-refractivity contribution in [3.05, 3.63) is 30.1 Å². The lowest BCUT2D eigenvalue weighted by atomic mass is 10.3. The summed E-state index contributed by atoms with van der Waals surface area (Å²) in [5.74, 6) is -0.697. The van der Waals surface area contributed by atoms with Crippen LogP contribution in [0.5, 0.6) is 0 Å². The van der Waals surface area contributed by atoms with Crippen LogP contribution in [0.3, 0.4) is 0 Å². The van der Waals surface area contributed by atoms with E-state index in [-0.39, 0.29) is 4.90 Å². The molecule has 0 aliphatic heterocycles. The molecule has 16 heavy (non-hydrogen) atoms. The van der Waals surface area contributed by atoms with E-state index in [2.05, 4.69) is 0 Å². The lowest BCUT2D eigenvalue weighted by Crippen LogP contribution is -2.32. The van der Waals surface area contributed by atoms with E-state index in [4.69, 9.17) is 0 Å². The van der Waals surface area contributed by atoms with Crippen molar-refractivity contribution in [2.24, 2.45) is 0 Å². The highest BCUT2D eigenvalue weighted by molar-refractivity contribution is 7.89. The number of sulfonamides is 1. The van der Waals surface area contributed by atoms with Crippen LogP contribution in [0.15, 0.2) is 29.2 Å². The van der Waals surface area contributed by atoms with E-state index in [1.54, 1.807) is 6.92 Å². The Kier molecular flexibility index (Phi) is 4.44. The highest BCUT2D eigenvalue weighted by atomic mass is 32.2. The van der Waals surface area contributed by atoms with Crippen molar-refractivity contribution in [1.29, 1.82) is 0 Å². The molecule has 0 aromatic heterocycles. The van der Waals surface area contributed by atoms with Gasteiger partial charge in [-0.2, -0.15) is 4.31 Å². The minimum Gasteiger partial charge on any atom is -0.207 e. The molecule has 5 heteroatoms. The highest BCUT2D eigenvalue weighted by Crippen LogP contribution is 2.18. The summed E-state index contributed by atoms with van der Waals surface area (Å²) in [6.45, 7) is 4.39. The molecule has 90 valence electrons. The maximum absolute atomic E-state index is 13.4. The summed E-state index contributed by atoms with van der Waals surface area (Å²) in [6.07, 6.45) is 0.710. The number of hydrogen-bond acceptors (Lipinski definition) is 2. The molecule has 0 spiro atoms. The first kappa shape index (κ1) is 13.1. The molecule has 0 saturated heterocycles. The Bertz CT molecular complexity index is 445. The van der Waals surface area contributed by atoms with Gasteiger partial charge in [0.15, 0.2) is 0 Å². The molecule has 1 aromatic rings. The molecule has 0 aliphatic carbocycles. The van der Waals surface area contributed by atoms with Crippen LogP contribution in [-0.2, 0) is 10.0 Å². The zero-order chi connectivity index (χ0) is 12.2. The summed E-state index contributed by atoms with van der Waals surface area (Å²) in [7, 11) is -3.69. The molecule has 0 amide bonds. The third kappa shape index (κ3) is 2.59. The minimum atomic E-state index is -3.69. The van der Waals surface area contributed by atoms with Crippen molar-refractivity contribution >= 4 is 10.0 Å². The summed E-state index contributed by atoms with van der Waals surface area (Å²) >= 11 is 0. The van der Waals surface area contributed by atoms with Crippen LogP contribution < -0.4 is 0 Å². The van der Waals surface area contributed by atoms with Crippen molar-refractivity contribution in [2.45, 2.75) is 25.2 Å². The zero-order valence-corrected chi connectivity index (χ0v) is 10.3. The first-order chi connectivity index (χ1) is 7.54. The van der Waals surface area contributed by atoms with Crippen LogP contribution in [0.25, 0.3) is 0 Å². The summed E-state index contributed by atoms with van der Waals surface area (Å²) in [4.78, 5) is -0.245. The van der Waals surface area contributed by atoms with E-state index < -0.39 is 15.8 Å². The third-order valence-electron chi connectivity index (χ3n) is 2.28. The first-order valence-electron chi connectivity index (χ1n) is 5.28. The first-order valence-corrected chi connectivity index (χ1v) is 6.72. The fraction of sp³-hybridized carbons (Fsp3) is 0.455. The van der Waals surface area contributed by atoms with E-state index in [0.717, 1.165) is 6.07 Å². The van der Waals surface area contributed by atoms with Gasteiger partial charge in [-0.05, 0) is 18.6 Å². The van der Waals surface area contributed by atoms with Gasteiger partial charge in [0.1, 0.15) is 10.7 Å². The van der Waals surface area contributed by atoms with Crippen molar-refractivity contribution in [2.75, 3.05) is 13.1 Å². The van der Waals surface area contributed by atoms with E-state index in [1.807, 2.05) is 6.92 Å². The van der Waals surface area contributed by atoms with Crippen LogP contribution >= 0.6 is 0 Å². The molecule has 0 bridgehead atoms. The number of rotatable bonds is 5. The predicted octanol–water partition coefficient (Wildman–Crippen LogP) is 2.25. The molecule has 0 unspecified atom stereocenters. The van der Waals surface area contributed by atoms with Gasteiger partial charge in [0.05, 0.1) is 0 Å². The molecule has 0 atom stereocenters. The largest absolute Gasteiger partial charge is 0.245 e. The quantitative estimate of drug-likeness (QED) is 0.798. The molecular weight excluding hydrogens is 229 g/mol. The Morgan fingerprint density at radius 2 is 1.88 bits per heavy atom. The van der Waals surface area contributed by atoms with E-state index in [0.29, 0.717) is 19.5 Å². The lowest BCUT2D eigenvalue weighted by Gasteiger charge is -2.19. The molecular formula is C11H16FNO2S. The number of nitrogens with zero attached hydrogens (tertiary/aromatic N) is 1. The summed E-state index contributed by atoms with van der Waals surface area (Å²) in [5.41, 5.74) is 0. The third-order valence-corrected chi connectivity index (χ3v) is 4.29. The van der Waals surface area contributed by atoms with Gasteiger partial charge in [-0.1, -0.05) is 26.0 Å². The van der Waals surface area contributed by atoms with E-state index in [1.165, 1.54) is 22.5 Å². The Morgan fingerprint density at radius 1 is 1.25 bits per heavy atom. The van der Waals surface area contributed by atoms with Gasteiger partial charge in [-0.3, -0.25) is 0 Å². The monoisotopic (exact) mass is 245 g/mol. The van der Waals surface area contributed by atoms with E-state index >= 15 is 0 Å². The zero-order valence-electron chi connectivity index (χ0n) is 9.48. The average molecular weight is 245 g/mol. The number of benzene rings is 1. The molecule has 0 heterocycles. The van der Waals surface area contributed by atoms with Gasteiger partial charge < -0.3 is 0 Å². The van der Waals surface area contributed by atoms with Gasteiger partial charge in [-0.25, -0.2) is 12.8 Å². The van der Waals surface area contributed by atoms with Gasteiger partial charge in [0.25, 0.3) is 0 Å². The van der Waals surface area contributed by atoms with Gasteiger partial charge in [0.2, 0.25) is 10.0 Å². The lowest BCUT2D eigenvalue weighted by molar-refractivity contribution is 0.423.